The lowest BCUT2D eigenvalue weighted by Crippen LogP contribution is -2.35. The summed E-state index contributed by atoms with van der Waals surface area (Å²) in [7, 11) is 0. The first kappa shape index (κ1) is 20.6. The number of amides is 1. The fourth-order valence-electron chi connectivity index (χ4n) is 2.09. The average molecular weight is 354 g/mol. The van der Waals surface area contributed by atoms with E-state index in [4.69, 9.17) is 0 Å². The Labute approximate surface area is 143 Å². The van der Waals surface area contributed by atoms with E-state index in [1.54, 1.807) is 11.3 Å². The molecule has 2 heterocycles. The third-order valence-corrected chi connectivity index (χ3v) is 4.54. The zero-order chi connectivity index (χ0) is 13.9. The number of rotatable bonds is 2. The molecule has 1 saturated heterocycles. The first-order valence-corrected chi connectivity index (χ1v) is 7.78. The predicted molar refractivity (Wildman–Crippen MR) is 93.1 cm³/mol. The van der Waals surface area contributed by atoms with E-state index in [0.29, 0.717) is 6.42 Å². The highest BCUT2D eigenvalue weighted by Gasteiger charge is 2.20. The van der Waals surface area contributed by atoms with Crippen LogP contribution >= 0.6 is 36.2 Å². The van der Waals surface area contributed by atoms with Gasteiger partial charge in [-0.15, -0.1) is 36.2 Å². The van der Waals surface area contributed by atoms with Crippen LogP contribution in [0.25, 0.3) is 0 Å². The molecular weight excluding hydrogens is 329 g/mol. The standard InChI is InChI=1S/C14H23N3OS.2ClH/c1-14(2,3)13-16-11(10-19-13)9-12(18)17-7-4-5-15-6-8-17;;/h10,15H,4-9H2,1-3H3;2*1H. The van der Waals surface area contributed by atoms with Crippen molar-refractivity contribution in [2.75, 3.05) is 26.2 Å². The molecule has 7 heteroatoms. The van der Waals surface area contributed by atoms with Crippen molar-refractivity contribution in [1.29, 1.82) is 0 Å². The van der Waals surface area contributed by atoms with Crippen LogP contribution in [0.15, 0.2) is 5.38 Å². The molecular formula is C14H25Cl2N3OS. The molecule has 122 valence electrons. The van der Waals surface area contributed by atoms with E-state index in [2.05, 4.69) is 31.1 Å². The van der Waals surface area contributed by atoms with Gasteiger partial charge in [0, 0.05) is 30.4 Å². The van der Waals surface area contributed by atoms with Gasteiger partial charge in [-0.05, 0) is 13.0 Å². The first-order chi connectivity index (χ1) is 8.97. The Morgan fingerprint density at radius 1 is 1.33 bits per heavy atom. The third-order valence-electron chi connectivity index (χ3n) is 3.22. The minimum absolute atomic E-state index is 0. The van der Waals surface area contributed by atoms with Gasteiger partial charge in [0.2, 0.25) is 5.91 Å². The second kappa shape index (κ2) is 8.93. The molecule has 4 nitrogen and oxygen atoms in total. The number of nitrogens with zero attached hydrogens (tertiary/aromatic N) is 2. The minimum Gasteiger partial charge on any atom is -0.341 e. The van der Waals surface area contributed by atoms with E-state index in [9.17, 15) is 4.79 Å². The van der Waals surface area contributed by atoms with Gasteiger partial charge < -0.3 is 10.2 Å². The van der Waals surface area contributed by atoms with E-state index >= 15 is 0 Å². The van der Waals surface area contributed by atoms with Crippen LogP contribution in [-0.4, -0.2) is 42.0 Å². The zero-order valence-electron chi connectivity index (χ0n) is 12.8. The molecule has 0 spiro atoms. The van der Waals surface area contributed by atoms with Crippen LogP contribution in [0, 0.1) is 0 Å². The quantitative estimate of drug-likeness (QED) is 0.888. The van der Waals surface area contributed by atoms with Gasteiger partial charge in [-0.25, -0.2) is 4.98 Å². The Bertz CT molecular complexity index is 438. The van der Waals surface area contributed by atoms with Gasteiger partial charge in [-0.3, -0.25) is 4.79 Å². The van der Waals surface area contributed by atoms with Crippen molar-refractivity contribution in [3.63, 3.8) is 0 Å². The Morgan fingerprint density at radius 2 is 2.05 bits per heavy atom. The van der Waals surface area contributed by atoms with Crippen LogP contribution in [0.4, 0.5) is 0 Å². The van der Waals surface area contributed by atoms with Gasteiger partial charge in [0.1, 0.15) is 0 Å². The number of hydrogen-bond donors (Lipinski definition) is 1. The molecule has 0 bridgehead atoms. The van der Waals surface area contributed by atoms with E-state index in [-0.39, 0.29) is 36.1 Å². The minimum atomic E-state index is 0. The van der Waals surface area contributed by atoms with Crippen molar-refractivity contribution >= 4 is 42.1 Å². The maximum Gasteiger partial charge on any atom is 0.228 e. The molecule has 1 aliphatic rings. The second-order valence-corrected chi connectivity index (χ2v) is 6.91. The molecule has 1 aromatic rings. The number of nitrogens with one attached hydrogen (secondary N) is 1. The molecule has 1 aliphatic heterocycles. The lowest BCUT2D eigenvalue weighted by molar-refractivity contribution is -0.130. The number of thiazole rings is 1. The number of carbonyl (C=O) groups excluding carboxylic acids is 1. The van der Waals surface area contributed by atoms with E-state index in [1.807, 2.05) is 10.3 Å². The Kier molecular flexibility index (Phi) is 8.78. The second-order valence-electron chi connectivity index (χ2n) is 6.06. The topological polar surface area (TPSA) is 45.2 Å². The summed E-state index contributed by atoms with van der Waals surface area (Å²) in [6.45, 7) is 10.0. The van der Waals surface area contributed by atoms with Crippen molar-refractivity contribution in [1.82, 2.24) is 15.2 Å². The summed E-state index contributed by atoms with van der Waals surface area (Å²) in [5.74, 6) is 0.203. The zero-order valence-corrected chi connectivity index (χ0v) is 15.3. The molecule has 0 atom stereocenters. The first-order valence-electron chi connectivity index (χ1n) is 6.90. The lowest BCUT2D eigenvalue weighted by Gasteiger charge is -2.19. The highest BCUT2D eigenvalue weighted by Crippen LogP contribution is 2.25. The van der Waals surface area contributed by atoms with Crippen LogP contribution in [0.1, 0.15) is 37.9 Å². The van der Waals surface area contributed by atoms with Gasteiger partial charge in [0.05, 0.1) is 17.1 Å². The molecule has 21 heavy (non-hydrogen) atoms. The molecule has 1 amide bonds. The molecule has 0 aromatic carbocycles. The maximum atomic E-state index is 12.2. The van der Waals surface area contributed by atoms with E-state index in [1.165, 1.54) is 0 Å². The Morgan fingerprint density at radius 3 is 2.67 bits per heavy atom. The van der Waals surface area contributed by atoms with Crippen LogP contribution in [0.3, 0.4) is 0 Å². The van der Waals surface area contributed by atoms with Crippen molar-refractivity contribution in [2.24, 2.45) is 0 Å². The molecule has 2 rings (SSSR count). The van der Waals surface area contributed by atoms with Crippen LogP contribution in [0.2, 0.25) is 0 Å². The number of carbonyl (C=O) groups is 1. The predicted octanol–water partition coefficient (Wildman–Crippen LogP) is 2.65. The summed E-state index contributed by atoms with van der Waals surface area (Å²) in [6.07, 6.45) is 1.47. The van der Waals surface area contributed by atoms with Gasteiger partial charge >= 0.3 is 0 Å². The molecule has 0 unspecified atom stereocenters. The highest BCUT2D eigenvalue weighted by molar-refractivity contribution is 7.09. The number of hydrogen-bond acceptors (Lipinski definition) is 4. The summed E-state index contributed by atoms with van der Waals surface area (Å²) >= 11 is 1.66. The maximum absolute atomic E-state index is 12.2. The van der Waals surface area contributed by atoms with Gasteiger partial charge in [0.15, 0.2) is 0 Å². The van der Waals surface area contributed by atoms with Gasteiger partial charge in [0.25, 0.3) is 0 Å². The molecule has 0 aliphatic carbocycles. The largest absolute Gasteiger partial charge is 0.341 e. The smallest absolute Gasteiger partial charge is 0.228 e. The molecule has 1 fully saturated rings. The van der Waals surface area contributed by atoms with E-state index < -0.39 is 0 Å². The Balaban J connectivity index is 0.00000200. The van der Waals surface area contributed by atoms with Gasteiger partial charge in [-0.2, -0.15) is 0 Å². The summed E-state index contributed by atoms with van der Waals surface area (Å²) in [5, 5.41) is 6.44. The van der Waals surface area contributed by atoms with E-state index in [0.717, 1.165) is 43.3 Å². The number of halogens is 2. The summed E-state index contributed by atoms with van der Waals surface area (Å²) < 4.78 is 0. The lowest BCUT2D eigenvalue weighted by atomic mass is 9.98. The van der Waals surface area contributed by atoms with Crippen molar-refractivity contribution in [3.8, 4) is 0 Å². The Hall–Kier alpha value is -0.360. The fourth-order valence-corrected chi connectivity index (χ4v) is 3.00. The molecule has 0 radical (unpaired) electrons. The van der Waals surface area contributed by atoms with Crippen molar-refractivity contribution in [2.45, 2.75) is 39.0 Å². The van der Waals surface area contributed by atoms with Crippen LogP contribution in [-0.2, 0) is 16.6 Å². The fraction of sp³-hybridized carbons (Fsp3) is 0.714. The normalized spacial score (nSPS) is 15.7. The summed E-state index contributed by atoms with van der Waals surface area (Å²) in [6, 6.07) is 0. The monoisotopic (exact) mass is 353 g/mol. The average Bonchev–Trinajstić information content (AvgIpc) is 2.63. The van der Waals surface area contributed by atoms with Crippen molar-refractivity contribution < 1.29 is 4.79 Å². The van der Waals surface area contributed by atoms with Crippen LogP contribution in [0.5, 0.6) is 0 Å². The van der Waals surface area contributed by atoms with Gasteiger partial charge in [-0.1, -0.05) is 20.8 Å². The highest BCUT2D eigenvalue weighted by atomic mass is 35.5. The van der Waals surface area contributed by atoms with Crippen LogP contribution < -0.4 is 5.32 Å². The third kappa shape index (κ3) is 6.10. The summed E-state index contributed by atoms with van der Waals surface area (Å²) in [5.41, 5.74) is 0.982. The number of aromatic nitrogens is 1. The molecule has 1 N–H and O–H groups in total. The SMILES string of the molecule is CC(C)(C)c1nc(CC(=O)N2CCCNCC2)cs1.Cl.Cl. The summed E-state index contributed by atoms with van der Waals surface area (Å²) in [4.78, 5) is 18.8. The molecule has 1 aromatic heterocycles. The van der Waals surface area contributed by atoms with Crippen molar-refractivity contribution in [3.05, 3.63) is 16.1 Å². The molecule has 0 saturated carbocycles.